The van der Waals surface area contributed by atoms with Gasteiger partial charge in [0.05, 0.1) is 0 Å². The number of alkyl halides is 1. The first-order valence-electron chi connectivity index (χ1n) is 6.44. The van der Waals surface area contributed by atoms with Crippen molar-refractivity contribution < 1.29 is 0 Å². The number of halogens is 1. The molecule has 0 aliphatic carbocycles. The van der Waals surface area contributed by atoms with Gasteiger partial charge in [-0.25, -0.2) is 0 Å². The Balaban J connectivity index is 2.14. The van der Waals surface area contributed by atoms with Gasteiger partial charge in [-0.15, -0.1) is 11.6 Å². The van der Waals surface area contributed by atoms with Gasteiger partial charge in [-0.1, -0.05) is 74.5 Å². The molecule has 0 bridgehead atoms. The number of rotatable bonds is 4. The summed E-state index contributed by atoms with van der Waals surface area (Å²) in [5.74, 6) is 0.700. The summed E-state index contributed by atoms with van der Waals surface area (Å²) >= 11 is 6.65. The van der Waals surface area contributed by atoms with Crippen LogP contribution in [0.3, 0.4) is 0 Å². The molecule has 1 heteroatoms. The largest absolute Gasteiger partial charge is 0.122 e. The molecule has 94 valence electrons. The zero-order valence-electron chi connectivity index (χ0n) is 10.9. The van der Waals surface area contributed by atoms with E-state index < -0.39 is 0 Å². The van der Waals surface area contributed by atoms with Crippen LogP contribution in [0, 0.1) is 0 Å². The highest BCUT2D eigenvalue weighted by molar-refractivity contribution is 6.21. The molecule has 0 aliphatic rings. The first kappa shape index (κ1) is 13.2. The van der Waals surface area contributed by atoms with E-state index >= 15 is 0 Å². The average molecular weight is 259 g/mol. The summed E-state index contributed by atoms with van der Waals surface area (Å²) in [6, 6.07) is 21.0. The topological polar surface area (TPSA) is 0 Å². The molecule has 2 aromatic rings. The fraction of sp³-hybridized carbons (Fsp3) is 0.294. The third kappa shape index (κ3) is 2.94. The third-order valence-electron chi connectivity index (χ3n) is 3.61. The van der Waals surface area contributed by atoms with Crippen molar-refractivity contribution in [2.45, 2.75) is 31.1 Å². The summed E-state index contributed by atoms with van der Waals surface area (Å²) in [6.07, 6.45) is 0. The Morgan fingerprint density at radius 1 is 0.667 bits per heavy atom. The smallest absolute Gasteiger partial charge is 0.0467 e. The van der Waals surface area contributed by atoms with Gasteiger partial charge in [0.15, 0.2) is 0 Å². The summed E-state index contributed by atoms with van der Waals surface area (Å²) < 4.78 is 0. The normalized spacial score (nSPS) is 15.9. The molecule has 18 heavy (non-hydrogen) atoms. The maximum Gasteiger partial charge on any atom is 0.0467 e. The standard InChI is InChI=1S/C17H19Cl/c1-13(15-9-5-3-6-10-15)17(18)14(2)16-11-7-4-8-12-16/h3-14,17H,1-2H3. The van der Waals surface area contributed by atoms with E-state index in [0.717, 1.165) is 0 Å². The molecular formula is C17H19Cl. The molecule has 0 spiro atoms. The van der Waals surface area contributed by atoms with Crippen molar-refractivity contribution in [3.8, 4) is 0 Å². The second-order valence-electron chi connectivity index (χ2n) is 4.84. The molecule has 0 fully saturated rings. The van der Waals surface area contributed by atoms with Crippen LogP contribution < -0.4 is 0 Å². The molecule has 2 rings (SSSR count). The number of hydrogen-bond donors (Lipinski definition) is 0. The van der Waals surface area contributed by atoms with Gasteiger partial charge in [0.25, 0.3) is 0 Å². The highest BCUT2D eigenvalue weighted by atomic mass is 35.5. The predicted molar refractivity (Wildman–Crippen MR) is 79.4 cm³/mol. The Kier molecular flexibility index (Phi) is 4.43. The summed E-state index contributed by atoms with van der Waals surface area (Å²) in [4.78, 5) is 0. The lowest BCUT2D eigenvalue weighted by Gasteiger charge is -2.25. The van der Waals surface area contributed by atoms with E-state index in [-0.39, 0.29) is 5.38 Å². The molecule has 0 heterocycles. The van der Waals surface area contributed by atoms with Gasteiger partial charge in [0.2, 0.25) is 0 Å². The summed E-state index contributed by atoms with van der Waals surface area (Å²) in [5.41, 5.74) is 2.61. The number of benzene rings is 2. The Hall–Kier alpha value is -1.27. The highest BCUT2D eigenvalue weighted by Gasteiger charge is 2.23. The van der Waals surface area contributed by atoms with Gasteiger partial charge < -0.3 is 0 Å². The van der Waals surface area contributed by atoms with E-state index in [0.29, 0.717) is 11.8 Å². The van der Waals surface area contributed by atoms with E-state index in [1.165, 1.54) is 11.1 Å². The number of hydrogen-bond acceptors (Lipinski definition) is 0. The van der Waals surface area contributed by atoms with Crippen molar-refractivity contribution in [3.63, 3.8) is 0 Å². The molecule has 0 aliphatic heterocycles. The third-order valence-corrected chi connectivity index (χ3v) is 4.36. The summed E-state index contributed by atoms with van der Waals surface area (Å²) in [5, 5.41) is 0.106. The first-order chi connectivity index (χ1) is 8.70. The van der Waals surface area contributed by atoms with Gasteiger partial charge in [-0.05, 0) is 23.0 Å². The lowest BCUT2D eigenvalue weighted by molar-refractivity contribution is 0.603. The SMILES string of the molecule is CC(c1ccccc1)C(Cl)C(C)c1ccccc1. The van der Waals surface area contributed by atoms with E-state index in [2.05, 4.69) is 62.4 Å². The lowest BCUT2D eigenvalue weighted by Crippen LogP contribution is -2.17. The van der Waals surface area contributed by atoms with Crippen LogP contribution in [0.4, 0.5) is 0 Å². The molecule has 2 unspecified atom stereocenters. The minimum absolute atomic E-state index is 0.106. The van der Waals surface area contributed by atoms with Gasteiger partial charge in [-0.3, -0.25) is 0 Å². The second kappa shape index (κ2) is 6.06. The Bertz CT molecular complexity index is 418. The Morgan fingerprint density at radius 2 is 1.00 bits per heavy atom. The van der Waals surface area contributed by atoms with E-state index in [9.17, 15) is 0 Å². The molecule has 0 saturated carbocycles. The maximum atomic E-state index is 6.65. The maximum absolute atomic E-state index is 6.65. The zero-order valence-corrected chi connectivity index (χ0v) is 11.6. The van der Waals surface area contributed by atoms with Gasteiger partial charge in [0, 0.05) is 5.38 Å². The fourth-order valence-electron chi connectivity index (χ4n) is 2.31. The van der Waals surface area contributed by atoms with Crippen molar-refractivity contribution in [2.24, 2.45) is 0 Å². The van der Waals surface area contributed by atoms with Crippen molar-refractivity contribution in [1.82, 2.24) is 0 Å². The van der Waals surface area contributed by atoms with Crippen LogP contribution in [0.25, 0.3) is 0 Å². The van der Waals surface area contributed by atoms with Crippen molar-refractivity contribution in [3.05, 3.63) is 71.8 Å². The summed E-state index contributed by atoms with van der Waals surface area (Å²) in [7, 11) is 0. The summed E-state index contributed by atoms with van der Waals surface area (Å²) in [6.45, 7) is 4.40. The first-order valence-corrected chi connectivity index (χ1v) is 6.87. The minimum Gasteiger partial charge on any atom is -0.122 e. The van der Waals surface area contributed by atoms with Gasteiger partial charge >= 0.3 is 0 Å². The highest BCUT2D eigenvalue weighted by Crippen LogP contribution is 2.33. The average Bonchev–Trinajstić information content (AvgIpc) is 2.47. The molecule has 2 atom stereocenters. The van der Waals surface area contributed by atoms with Gasteiger partial charge in [-0.2, -0.15) is 0 Å². The van der Waals surface area contributed by atoms with Crippen LogP contribution in [0.1, 0.15) is 36.8 Å². The quantitative estimate of drug-likeness (QED) is 0.661. The molecule has 2 aromatic carbocycles. The lowest BCUT2D eigenvalue weighted by atomic mass is 9.87. The Labute approximate surface area is 115 Å². The minimum atomic E-state index is 0.106. The van der Waals surface area contributed by atoms with Crippen LogP contribution >= 0.6 is 11.6 Å². The monoisotopic (exact) mass is 258 g/mol. The Morgan fingerprint density at radius 3 is 1.33 bits per heavy atom. The van der Waals surface area contributed by atoms with Crippen LogP contribution in [-0.4, -0.2) is 5.38 Å². The van der Waals surface area contributed by atoms with Crippen LogP contribution in [-0.2, 0) is 0 Å². The van der Waals surface area contributed by atoms with Crippen molar-refractivity contribution in [2.75, 3.05) is 0 Å². The molecule has 0 radical (unpaired) electrons. The fourth-order valence-corrected chi connectivity index (χ4v) is 2.60. The molecule has 0 aromatic heterocycles. The van der Waals surface area contributed by atoms with Crippen LogP contribution in [0.15, 0.2) is 60.7 Å². The predicted octanol–water partition coefficient (Wildman–Crippen LogP) is 5.20. The zero-order chi connectivity index (χ0) is 13.0. The molecule has 0 saturated heterocycles. The van der Waals surface area contributed by atoms with Crippen molar-refractivity contribution >= 4 is 11.6 Å². The van der Waals surface area contributed by atoms with Crippen LogP contribution in [0.5, 0.6) is 0 Å². The van der Waals surface area contributed by atoms with E-state index in [4.69, 9.17) is 11.6 Å². The van der Waals surface area contributed by atoms with E-state index in [1.807, 2.05) is 12.1 Å². The molecule has 0 amide bonds. The van der Waals surface area contributed by atoms with E-state index in [1.54, 1.807) is 0 Å². The second-order valence-corrected chi connectivity index (χ2v) is 5.35. The molecule has 0 nitrogen and oxygen atoms in total. The molecule has 0 N–H and O–H groups in total. The molecular weight excluding hydrogens is 240 g/mol. The van der Waals surface area contributed by atoms with Crippen molar-refractivity contribution in [1.29, 1.82) is 0 Å². The van der Waals surface area contributed by atoms with Crippen LogP contribution in [0.2, 0.25) is 0 Å². The van der Waals surface area contributed by atoms with Gasteiger partial charge in [0.1, 0.15) is 0 Å².